The standard InChI is InChI=1S/C16H17FN2O2/c1-10-3-6-15(21-2)12(7-10)16(20)19-14-5-4-11(9-18)8-13(14)17/h3-8H,9,18H2,1-2H3,(H,19,20). The predicted octanol–water partition coefficient (Wildman–Crippen LogP) is 2.85. The smallest absolute Gasteiger partial charge is 0.259 e. The van der Waals surface area contributed by atoms with Crippen LogP contribution in [0.1, 0.15) is 21.5 Å². The van der Waals surface area contributed by atoms with Gasteiger partial charge < -0.3 is 15.8 Å². The lowest BCUT2D eigenvalue weighted by molar-refractivity contribution is 0.102. The highest BCUT2D eigenvalue weighted by molar-refractivity contribution is 6.06. The summed E-state index contributed by atoms with van der Waals surface area (Å²) < 4.78 is 19.0. The summed E-state index contributed by atoms with van der Waals surface area (Å²) in [6.45, 7) is 2.11. The van der Waals surface area contributed by atoms with E-state index in [2.05, 4.69) is 5.32 Å². The second-order valence-electron chi connectivity index (χ2n) is 4.68. The van der Waals surface area contributed by atoms with Crippen molar-refractivity contribution in [2.45, 2.75) is 13.5 Å². The van der Waals surface area contributed by atoms with Crippen LogP contribution in [0.4, 0.5) is 10.1 Å². The summed E-state index contributed by atoms with van der Waals surface area (Å²) >= 11 is 0. The minimum Gasteiger partial charge on any atom is -0.496 e. The molecule has 0 bridgehead atoms. The van der Waals surface area contributed by atoms with Crippen molar-refractivity contribution < 1.29 is 13.9 Å². The van der Waals surface area contributed by atoms with Crippen LogP contribution in [0.25, 0.3) is 0 Å². The Balaban J connectivity index is 2.28. The van der Waals surface area contributed by atoms with Crippen molar-refractivity contribution in [1.29, 1.82) is 0 Å². The number of carbonyl (C=O) groups excluding carboxylic acids is 1. The average molecular weight is 288 g/mol. The van der Waals surface area contributed by atoms with Gasteiger partial charge >= 0.3 is 0 Å². The summed E-state index contributed by atoms with van der Waals surface area (Å²) in [7, 11) is 1.48. The monoisotopic (exact) mass is 288 g/mol. The van der Waals surface area contributed by atoms with E-state index in [-0.39, 0.29) is 12.2 Å². The van der Waals surface area contributed by atoms with Crippen LogP contribution in [0.3, 0.4) is 0 Å². The van der Waals surface area contributed by atoms with Gasteiger partial charge in [0, 0.05) is 6.54 Å². The van der Waals surface area contributed by atoms with Crippen molar-refractivity contribution >= 4 is 11.6 Å². The lowest BCUT2D eigenvalue weighted by atomic mass is 10.1. The van der Waals surface area contributed by atoms with Crippen molar-refractivity contribution in [1.82, 2.24) is 0 Å². The molecular weight excluding hydrogens is 271 g/mol. The largest absolute Gasteiger partial charge is 0.496 e. The first kappa shape index (κ1) is 15.0. The summed E-state index contributed by atoms with van der Waals surface area (Å²) in [5, 5.41) is 2.54. The third kappa shape index (κ3) is 3.38. The fraction of sp³-hybridized carbons (Fsp3) is 0.188. The van der Waals surface area contributed by atoms with E-state index in [1.54, 1.807) is 18.2 Å². The van der Waals surface area contributed by atoms with Crippen LogP contribution < -0.4 is 15.8 Å². The van der Waals surface area contributed by atoms with Gasteiger partial charge in [-0.3, -0.25) is 4.79 Å². The summed E-state index contributed by atoms with van der Waals surface area (Å²) in [6.07, 6.45) is 0. The van der Waals surface area contributed by atoms with Gasteiger partial charge in [0.1, 0.15) is 11.6 Å². The zero-order valence-corrected chi connectivity index (χ0v) is 11.9. The molecule has 0 saturated carbocycles. The molecule has 0 unspecified atom stereocenters. The third-order valence-electron chi connectivity index (χ3n) is 3.12. The molecule has 0 aliphatic heterocycles. The molecule has 0 atom stereocenters. The molecule has 1 amide bonds. The highest BCUT2D eigenvalue weighted by atomic mass is 19.1. The van der Waals surface area contributed by atoms with Crippen molar-refractivity contribution in [2.75, 3.05) is 12.4 Å². The topological polar surface area (TPSA) is 64.3 Å². The number of halogens is 1. The molecule has 0 spiro atoms. The third-order valence-corrected chi connectivity index (χ3v) is 3.12. The summed E-state index contributed by atoms with van der Waals surface area (Å²) in [6, 6.07) is 9.72. The number of methoxy groups -OCH3 is 1. The average Bonchev–Trinajstić information content (AvgIpc) is 2.49. The zero-order chi connectivity index (χ0) is 15.4. The van der Waals surface area contributed by atoms with Gasteiger partial charge in [0.25, 0.3) is 5.91 Å². The van der Waals surface area contributed by atoms with Crippen LogP contribution in [0.2, 0.25) is 0 Å². The quantitative estimate of drug-likeness (QED) is 0.909. The van der Waals surface area contributed by atoms with Gasteiger partial charge in [-0.15, -0.1) is 0 Å². The number of rotatable bonds is 4. The number of aryl methyl sites for hydroxylation is 1. The lowest BCUT2D eigenvalue weighted by Gasteiger charge is -2.11. The van der Waals surface area contributed by atoms with Gasteiger partial charge in [0.05, 0.1) is 18.4 Å². The van der Waals surface area contributed by atoms with Gasteiger partial charge in [0.2, 0.25) is 0 Å². The summed E-state index contributed by atoms with van der Waals surface area (Å²) in [5.74, 6) is -0.495. The van der Waals surface area contributed by atoms with Crippen molar-refractivity contribution in [3.8, 4) is 5.75 Å². The van der Waals surface area contributed by atoms with Crippen LogP contribution in [-0.4, -0.2) is 13.0 Å². The molecule has 110 valence electrons. The predicted molar refractivity (Wildman–Crippen MR) is 80.0 cm³/mol. The number of amides is 1. The Morgan fingerprint density at radius 1 is 1.29 bits per heavy atom. The molecule has 2 rings (SSSR count). The van der Waals surface area contributed by atoms with Crippen molar-refractivity contribution in [3.63, 3.8) is 0 Å². The van der Waals surface area contributed by atoms with E-state index < -0.39 is 11.7 Å². The summed E-state index contributed by atoms with van der Waals surface area (Å²) in [5.41, 5.74) is 7.50. The molecule has 0 radical (unpaired) electrons. The van der Waals surface area contributed by atoms with Gasteiger partial charge in [-0.1, -0.05) is 17.7 Å². The highest BCUT2D eigenvalue weighted by Crippen LogP contribution is 2.22. The van der Waals surface area contributed by atoms with Crippen LogP contribution >= 0.6 is 0 Å². The van der Waals surface area contributed by atoms with E-state index >= 15 is 0 Å². The highest BCUT2D eigenvalue weighted by Gasteiger charge is 2.14. The van der Waals surface area contributed by atoms with Gasteiger partial charge in [0.15, 0.2) is 0 Å². The van der Waals surface area contributed by atoms with E-state index in [1.807, 2.05) is 13.0 Å². The minimum absolute atomic E-state index is 0.112. The maximum absolute atomic E-state index is 13.9. The second-order valence-corrected chi connectivity index (χ2v) is 4.68. The minimum atomic E-state index is -0.516. The van der Waals surface area contributed by atoms with Gasteiger partial charge in [-0.2, -0.15) is 0 Å². The zero-order valence-electron chi connectivity index (χ0n) is 11.9. The molecule has 0 aromatic heterocycles. The fourth-order valence-electron chi connectivity index (χ4n) is 1.98. The first-order chi connectivity index (χ1) is 10.0. The van der Waals surface area contributed by atoms with E-state index in [0.717, 1.165) is 5.56 Å². The number of hydrogen-bond acceptors (Lipinski definition) is 3. The van der Waals surface area contributed by atoms with E-state index in [9.17, 15) is 9.18 Å². The first-order valence-corrected chi connectivity index (χ1v) is 6.49. The molecule has 21 heavy (non-hydrogen) atoms. The van der Waals surface area contributed by atoms with E-state index in [0.29, 0.717) is 16.9 Å². The maximum atomic E-state index is 13.9. The Bertz CT molecular complexity index is 671. The molecule has 2 aromatic carbocycles. The molecule has 0 aliphatic rings. The maximum Gasteiger partial charge on any atom is 0.259 e. The molecule has 3 N–H and O–H groups in total. The number of hydrogen-bond donors (Lipinski definition) is 2. The van der Waals surface area contributed by atoms with E-state index in [4.69, 9.17) is 10.5 Å². The Kier molecular flexibility index (Phi) is 4.55. The molecule has 0 heterocycles. The second kappa shape index (κ2) is 6.37. The molecule has 0 aliphatic carbocycles. The first-order valence-electron chi connectivity index (χ1n) is 6.49. The number of nitrogens with one attached hydrogen (secondary N) is 1. The molecule has 0 saturated heterocycles. The number of carbonyl (C=O) groups is 1. The molecular formula is C16H17FN2O2. The molecule has 5 heteroatoms. The van der Waals surface area contributed by atoms with E-state index in [1.165, 1.54) is 19.2 Å². The SMILES string of the molecule is COc1ccc(C)cc1C(=O)Nc1ccc(CN)cc1F. The number of nitrogens with two attached hydrogens (primary N) is 1. The van der Waals surface area contributed by atoms with Crippen molar-refractivity contribution in [3.05, 3.63) is 58.9 Å². The number of ether oxygens (including phenoxy) is 1. The molecule has 4 nitrogen and oxygen atoms in total. The van der Waals surface area contributed by atoms with Gasteiger partial charge in [-0.05, 0) is 36.8 Å². The van der Waals surface area contributed by atoms with Crippen LogP contribution in [-0.2, 0) is 6.54 Å². The van der Waals surface area contributed by atoms with Crippen LogP contribution in [0.15, 0.2) is 36.4 Å². The number of anilines is 1. The normalized spacial score (nSPS) is 10.3. The van der Waals surface area contributed by atoms with Crippen LogP contribution in [0.5, 0.6) is 5.75 Å². The Labute approximate surface area is 122 Å². The lowest BCUT2D eigenvalue weighted by Crippen LogP contribution is -2.14. The molecule has 0 fully saturated rings. The Morgan fingerprint density at radius 2 is 2.05 bits per heavy atom. The van der Waals surface area contributed by atoms with Crippen LogP contribution in [0, 0.1) is 12.7 Å². The summed E-state index contributed by atoms with van der Waals surface area (Å²) in [4.78, 5) is 12.3. The fourth-order valence-corrected chi connectivity index (χ4v) is 1.98. The number of benzene rings is 2. The van der Waals surface area contributed by atoms with Gasteiger partial charge in [-0.25, -0.2) is 4.39 Å². The Morgan fingerprint density at radius 3 is 2.67 bits per heavy atom. The van der Waals surface area contributed by atoms with Crippen molar-refractivity contribution in [2.24, 2.45) is 5.73 Å². The molecule has 2 aromatic rings. The Hall–Kier alpha value is -2.40.